The molecular formula is C16H17N5O3. The molecule has 1 fully saturated rings. The smallest absolute Gasteiger partial charge is 0.324 e. The summed E-state index contributed by atoms with van der Waals surface area (Å²) in [5.74, 6) is -0.475. The summed E-state index contributed by atoms with van der Waals surface area (Å²) in [6.07, 6.45) is 3.52. The van der Waals surface area contributed by atoms with Crippen molar-refractivity contribution in [3.8, 4) is 0 Å². The van der Waals surface area contributed by atoms with E-state index >= 15 is 0 Å². The van der Waals surface area contributed by atoms with Crippen molar-refractivity contribution in [2.45, 2.75) is 18.9 Å². The number of benzene rings is 1. The normalized spacial score (nSPS) is 17.0. The van der Waals surface area contributed by atoms with E-state index in [-0.39, 0.29) is 18.9 Å². The van der Waals surface area contributed by atoms with Gasteiger partial charge in [-0.25, -0.2) is 9.78 Å². The number of urea groups is 1. The van der Waals surface area contributed by atoms with Crippen LogP contribution in [0.15, 0.2) is 42.7 Å². The summed E-state index contributed by atoms with van der Waals surface area (Å²) in [6, 6.07) is 8.28. The summed E-state index contributed by atoms with van der Waals surface area (Å²) in [4.78, 5) is 43.9. The number of anilines is 1. The molecule has 3 rings (SSSR count). The van der Waals surface area contributed by atoms with Gasteiger partial charge in [0.25, 0.3) is 5.91 Å². The Morgan fingerprint density at radius 2 is 2.04 bits per heavy atom. The summed E-state index contributed by atoms with van der Waals surface area (Å²) in [6.45, 7) is 0.283. The first kappa shape index (κ1) is 15.7. The summed E-state index contributed by atoms with van der Waals surface area (Å²) in [5, 5.41) is 5.08. The molecule has 8 nitrogen and oxygen atoms in total. The number of nitrogens with zero attached hydrogens (tertiary/aromatic N) is 2. The number of carbonyl (C=O) groups is 3. The fourth-order valence-corrected chi connectivity index (χ4v) is 2.51. The van der Waals surface area contributed by atoms with Crippen LogP contribution in [0.3, 0.4) is 0 Å². The Hall–Kier alpha value is -3.16. The molecule has 0 radical (unpaired) electrons. The van der Waals surface area contributed by atoms with Crippen molar-refractivity contribution in [1.82, 2.24) is 20.2 Å². The first-order valence-corrected chi connectivity index (χ1v) is 7.58. The van der Waals surface area contributed by atoms with Crippen molar-refractivity contribution in [2.75, 3.05) is 11.9 Å². The third-order valence-electron chi connectivity index (χ3n) is 3.72. The van der Waals surface area contributed by atoms with E-state index in [0.717, 1.165) is 10.5 Å². The van der Waals surface area contributed by atoms with E-state index in [9.17, 15) is 14.4 Å². The van der Waals surface area contributed by atoms with Crippen LogP contribution in [-0.4, -0.2) is 45.3 Å². The zero-order chi connectivity index (χ0) is 16.9. The van der Waals surface area contributed by atoms with E-state index < -0.39 is 18.0 Å². The number of hydrogen-bond acceptors (Lipinski definition) is 4. The highest BCUT2D eigenvalue weighted by Crippen LogP contribution is 2.12. The SMILES string of the molecule is O=C(CC1NC(=O)N(CCc2ccccc2)C1=O)Nc1ncc[nH]1. The Labute approximate surface area is 138 Å². The van der Waals surface area contributed by atoms with Gasteiger partial charge < -0.3 is 10.3 Å². The van der Waals surface area contributed by atoms with Crippen LogP contribution in [0.5, 0.6) is 0 Å². The number of imide groups is 1. The van der Waals surface area contributed by atoms with Gasteiger partial charge in [0, 0.05) is 18.9 Å². The minimum atomic E-state index is -0.844. The minimum absolute atomic E-state index is 0.132. The van der Waals surface area contributed by atoms with Gasteiger partial charge in [0.2, 0.25) is 11.9 Å². The Kier molecular flexibility index (Phi) is 4.55. The van der Waals surface area contributed by atoms with E-state index in [1.165, 1.54) is 6.20 Å². The predicted octanol–water partition coefficient (Wildman–Crippen LogP) is 0.901. The van der Waals surface area contributed by atoms with Crippen LogP contribution in [0.25, 0.3) is 0 Å². The summed E-state index contributed by atoms with van der Waals surface area (Å²) < 4.78 is 0. The number of H-pyrrole nitrogens is 1. The van der Waals surface area contributed by atoms with Crippen molar-refractivity contribution < 1.29 is 14.4 Å². The van der Waals surface area contributed by atoms with Gasteiger partial charge in [-0.1, -0.05) is 30.3 Å². The topological polar surface area (TPSA) is 107 Å². The number of imidazole rings is 1. The third-order valence-corrected chi connectivity index (χ3v) is 3.72. The molecule has 0 saturated carbocycles. The highest BCUT2D eigenvalue weighted by Gasteiger charge is 2.38. The molecule has 0 bridgehead atoms. The maximum Gasteiger partial charge on any atom is 0.324 e. The van der Waals surface area contributed by atoms with Gasteiger partial charge in [0.15, 0.2) is 0 Å². The average molecular weight is 327 g/mol. The number of amides is 4. The molecule has 0 spiro atoms. The number of aromatic amines is 1. The number of rotatable bonds is 6. The minimum Gasteiger partial charge on any atom is -0.331 e. The molecule has 2 aromatic rings. The Morgan fingerprint density at radius 3 is 2.75 bits per heavy atom. The fourth-order valence-electron chi connectivity index (χ4n) is 2.51. The number of hydrogen-bond donors (Lipinski definition) is 3. The lowest BCUT2D eigenvalue weighted by atomic mass is 10.1. The zero-order valence-electron chi connectivity index (χ0n) is 12.9. The maximum absolute atomic E-state index is 12.3. The monoisotopic (exact) mass is 327 g/mol. The molecule has 24 heavy (non-hydrogen) atoms. The molecular weight excluding hydrogens is 310 g/mol. The quantitative estimate of drug-likeness (QED) is 0.685. The predicted molar refractivity (Wildman–Crippen MR) is 86.0 cm³/mol. The van der Waals surface area contributed by atoms with Crippen LogP contribution in [0.2, 0.25) is 0 Å². The molecule has 4 amide bonds. The number of carbonyl (C=O) groups excluding carboxylic acids is 3. The Balaban J connectivity index is 1.54. The standard InChI is InChI=1S/C16H17N5O3/c22-13(20-15-17-7-8-18-15)10-12-14(23)21(16(24)19-12)9-6-11-4-2-1-3-5-11/h1-5,7-8,12H,6,9-10H2,(H,19,24)(H2,17,18,20,22). The molecule has 1 atom stereocenters. The summed E-state index contributed by atoms with van der Waals surface area (Å²) >= 11 is 0. The van der Waals surface area contributed by atoms with Crippen LogP contribution in [-0.2, 0) is 16.0 Å². The van der Waals surface area contributed by atoms with Gasteiger partial charge in [0.05, 0.1) is 6.42 Å². The lowest BCUT2D eigenvalue weighted by Crippen LogP contribution is -2.35. The number of aromatic nitrogens is 2. The molecule has 1 aliphatic heterocycles. The zero-order valence-corrected chi connectivity index (χ0v) is 12.9. The highest BCUT2D eigenvalue weighted by molar-refractivity contribution is 6.06. The molecule has 1 unspecified atom stereocenters. The summed E-state index contributed by atoms with van der Waals surface area (Å²) in [5.41, 5.74) is 1.04. The molecule has 3 N–H and O–H groups in total. The third kappa shape index (κ3) is 3.60. The van der Waals surface area contributed by atoms with E-state index in [1.807, 2.05) is 30.3 Å². The van der Waals surface area contributed by atoms with Gasteiger partial charge >= 0.3 is 6.03 Å². The van der Waals surface area contributed by atoms with Crippen LogP contribution in [0.4, 0.5) is 10.7 Å². The van der Waals surface area contributed by atoms with Crippen LogP contribution in [0, 0.1) is 0 Å². The largest absolute Gasteiger partial charge is 0.331 e. The Bertz CT molecular complexity index is 729. The first-order valence-electron chi connectivity index (χ1n) is 7.58. The van der Waals surface area contributed by atoms with Crippen molar-refractivity contribution in [1.29, 1.82) is 0 Å². The second kappa shape index (κ2) is 6.95. The number of nitrogens with one attached hydrogen (secondary N) is 3. The van der Waals surface area contributed by atoms with Crippen molar-refractivity contribution in [3.05, 3.63) is 48.3 Å². The second-order valence-corrected chi connectivity index (χ2v) is 5.42. The first-order chi connectivity index (χ1) is 11.6. The average Bonchev–Trinajstić information content (AvgIpc) is 3.16. The van der Waals surface area contributed by atoms with Gasteiger partial charge in [-0.2, -0.15) is 0 Å². The maximum atomic E-state index is 12.3. The van der Waals surface area contributed by atoms with Gasteiger partial charge in [-0.15, -0.1) is 0 Å². The van der Waals surface area contributed by atoms with Crippen molar-refractivity contribution in [2.24, 2.45) is 0 Å². The van der Waals surface area contributed by atoms with Gasteiger partial charge in [-0.05, 0) is 12.0 Å². The molecule has 2 heterocycles. The van der Waals surface area contributed by atoms with Crippen molar-refractivity contribution >= 4 is 23.8 Å². The molecule has 0 aliphatic carbocycles. The van der Waals surface area contributed by atoms with Crippen LogP contribution >= 0.6 is 0 Å². The molecule has 1 aromatic heterocycles. The van der Waals surface area contributed by atoms with E-state index in [0.29, 0.717) is 12.4 Å². The van der Waals surface area contributed by atoms with Crippen molar-refractivity contribution in [3.63, 3.8) is 0 Å². The fraction of sp³-hybridized carbons (Fsp3) is 0.250. The molecule has 8 heteroatoms. The Morgan fingerprint density at radius 1 is 1.25 bits per heavy atom. The van der Waals surface area contributed by atoms with E-state index in [4.69, 9.17) is 0 Å². The summed E-state index contributed by atoms with van der Waals surface area (Å²) in [7, 11) is 0. The lowest BCUT2D eigenvalue weighted by molar-refractivity contribution is -0.129. The molecule has 1 saturated heterocycles. The van der Waals surface area contributed by atoms with E-state index in [1.54, 1.807) is 6.20 Å². The molecule has 124 valence electrons. The second-order valence-electron chi connectivity index (χ2n) is 5.42. The van der Waals surface area contributed by atoms with Gasteiger partial charge in [0.1, 0.15) is 6.04 Å². The van der Waals surface area contributed by atoms with Gasteiger partial charge in [-0.3, -0.25) is 19.8 Å². The molecule has 1 aromatic carbocycles. The van der Waals surface area contributed by atoms with Crippen LogP contribution < -0.4 is 10.6 Å². The molecule has 1 aliphatic rings. The highest BCUT2D eigenvalue weighted by atomic mass is 16.2. The lowest BCUT2D eigenvalue weighted by Gasteiger charge is -2.12. The van der Waals surface area contributed by atoms with Crippen LogP contribution in [0.1, 0.15) is 12.0 Å². The van der Waals surface area contributed by atoms with E-state index in [2.05, 4.69) is 20.6 Å².